The molecular formula is C21H18FN5O5. The zero-order valence-electron chi connectivity index (χ0n) is 16.8. The Labute approximate surface area is 181 Å². The molecule has 10 nitrogen and oxygen atoms in total. The highest BCUT2D eigenvalue weighted by atomic mass is 19.1. The van der Waals surface area contributed by atoms with Crippen LogP contribution in [0.3, 0.4) is 0 Å². The molecule has 0 spiro atoms. The highest BCUT2D eigenvalue weighted by molar-refractivity contribution is 6.21. The van der Waals surface area contributed by atoms with Crippen LogP contribution in [0.1, 0.15) is 31.6 Å². The van der Waals surface area contributed by atoms with E-state index < -0.39 is 35.5 Å². The van der Waals surface area contributed by atoms with Crippen molar-refractivity contribution >= 4 is 23.6 Å². The van der Waals surface area contributed by atoms with Crippen molar-refractivity contribution in [3.05, 3.63) is 47.2 Å². The first-order valence-electron chi connectivity index (χ1n) is 10.2. The number of hydrogen-bond donors (Lipinski definition) is 1. The molecule has 0 radical (unpaired) electrons. The predicted molar refractivity (Wildman–Crippen MR) is 104 cm³/mol. The highest BCUT2D eigenvalue weighted by Gasteiger charge is 2.48. The summed E-state index contributed by atoms with van der Waals surface area (Å²) in [6.07, 6.45) is 1.18. The molecule has 5 rings (SSSR count). The summed E-state index contributed by atoms with van der Waals surface area (Å²) in [6.45, 7) is 0.529. The van der Waals surface area contributed by atoms with Gasteiger partial charge in [-0.1, -0.05) is 17.3 Å². The normalized spacial score (nSPS) is 21.3. The molecule has 1 N–H and O–H groups in total. The standard InChI is InChI=1S/C21H18FN5O5/c22-13-6-2-1-4-11(13)18-24-16(32-25-18)10-26-9-3-5-12-17(26)21(31)27(20(12)30)14-7-8-15(28)23-19(14)29/h1-2,4,6,14H,3,5,7-10H2,(H,23,28,29). The van der Waals surface area contributed by atoms with Gasteiger partial charge in [-0.05, 0) is 31.4 Å². The lowest BCUT2D eigenvalue weighted by Gasteiger charge is -2.29. The quantitative estimate of drug-likeness (QED) is 0.697. The average Bonchev–Trinajstić information content (AvgIpc) is 3.32. The zero-order chi connectivity index (χ0) is 22.4. The molecule has 0 aliphatic carbocycles. The number of halogens is 1. The Morgan fingerprint density at radius 2 is 1.94 bits per heavy atom. The molecule has 0 saturated carbocycles. The molecule has 1 aromatic heterocycles. The van der Waals surface area contributed by atoms with Crippen LogP contribution in [0.25, 0.3) is 11.4 Å². The van der Waals surface area contributed by atoms with E-state index in [9.17, 15) is 23.6 Å². The lowest BCUT2D eigenvalue weighted by Crippen LogP contribution is -2.55. The summed E-state index contributed by atoms with van der Waals surface area (Å²) in [5.41, 5.74) is 0.730. The third-order valence-electron chi connectivity index (χ3n) is 5.79. The minimum absolute atomic E-state index is 0.0580. The fraction of sp³-hybridized carbons (Fsp3) is 0.333. The van der Waals surface area contributed by atoms with E-state index in [1.54, 1.807) is 17.0 Å². The van der Waals surface area contributed by atoms with Crippen LogP contribution in [0.4, 0.5) is 4.39 Å². The van der Waals surface area contributed by atoms with Crippen LogP contribution in [0.15, 0.2) is 40.1 Å². The molecule has 1 saturated heterocycles. The summed E-state index contributed by atoms with van der Waals surface area (Å²) in [4.78, 5) is 56.7. The van der Waals surface area contributed by atoms with Crippen molar-refractivity contribution in [2.24, 2.45) is 0 Å². The van der Waals surface area contributed by atoms with Crippen LogP contribution in [0.5, 0.6) is 0 Å². The van der Waals surface area contributed by atoms with Gasteiger partial charge in [0.25, 0.3) is 11.8 Å². The van der Waals surface area contributed by atoms with E-state index in [2.05, 4.69) is 15.5 Å². The van der Waals surface area contributed by atoms with E-state index in [-0.39, 0.29) is 42.4 Å². The molecule has 3 aliphatic heterocycles. The van der Waals surface area contributed by atoms with E-state index in [0.29, 0.717) is 25.0 Å². The first kappa shape index (κ1) is 20.0. The third-order valence-corrected chi connectivity index (χ3v) is 5.79. The third kappa shape index (κ3) is 3.26. The Bertz CT molecular complexity index is 1190. The van der Waals surface area contributed by atoms with Gasteiger partial charge in [-0.25, -0.2) is 4.39 Å². The summed E-state index contributed by atoms with van der Waals surface area (Å²) in [6, 6.07) is 5.01. The number of hydrogen-bond acceptors (Lipinski definition) is 8. The number of imide groups is 2. The minimum Gasteiger partial charge on any atom is -0.357 e. The van der Waals surface area contributed by atoms with Gasteiger partial charge in [0.15, 0.2) is 0 Å². The monoisotopic (exact) mass is 439 g/mol. The van der Waals surface area contributed by atoms with Gasteiger partial charge >= 0.3 is 0 Å². The average molecular weight is 439 g/mol. The largest absolute Gasteiger partial charge is 0.357 e. The first-order chi connectivity index (χ1) is 15.4. The number of benzene rings is 1. The molecule has 3 aliphatic rings. The Hall–Kier alpha value is -3.89. The summed E-state index contributed by atoms with van der Waals surface area (Å²) in [5, 5.41) is 6.00. The van der Waals surface area contributed by atoms with Gasteiger partial charge in [-0.2, -0.15) is 4.98 Å². The Morgan fingerprint density at radius 1 is 1.12 bits per heavy atom. The van der Waals surface area contributed by atoms with Gasteiger partial charge in [0.2, 0.25) is 23.5 Å². The van der Waals surface area contributed by atoms with Crippen molar-refractivity contribution in [1.82, 2.24) is 25.3 Å². The van der Waals surface area contributed by atoms with Crippen LogP contribution in [0, 0.1) is 5.82 Å². The predicted octanol–water partition coefficient (Wildman–Crippen LogP) is 0.900. The second-order valence-electron chi connectivity index (χ2n) is 7.79. The summed E-state index contributed by atoms with van der Waals surface area (Å²) >= 11 is 0. The molecule has 1 atom stereocenters. The van der Waals surface area contributed by atoms with E-state index >= 15 is 0 Å². The second kappa shape index (κ2) is 7.66. The van der Waals surface area contributed by atoms with Gasteiger partial charge < -0.3 is 9.42 Å². The van der Waals surface area contributed by atoms with Crippen molar-refractivity contribution in [2.45, 2.75) is 38.3 Å². The molecule has 1 aromatic carbocycles. The molecule has 4 amide bonds. The van der Waals surface area contributed by atoms with Crippen LogP contribution >= 0.6 is 0 Å². The van der Waals surface area contributed by atoms with Gasteiger partial charge in [0.05, 0.1) is 12.1 Å². The Morgan fingerprint density at radius 3 is 2.72 bits per heavy atom. The summed E-state index contributed by atoms with van der Waals surface area (Å²) in [5.74, 6) is -2.40. The number of piperidine rings is 1. The fourth-order valence-corrected chi connectivity index (χ4v) is 4.30. The van der Waals surface area contributed by atoms with Crippen molar-refractivity contribution in [3.8, 4) is 11.4 Å². The molecule has 1 fully saturated rings. The zero-order valence-corrected chi connectivity index (χ0v) is 16.8. The van der Waals surface area contributed by atoms with Gasteiger partial charge in [0.1, 0.15) is 17.6 Å². The highest BCUT2D eigenvalue weighted by Crippen LogP contribution is 2.34. The number of aromatic nitrogens is 2. The van der Waals surface area contributed by atoms with E-state index in [1.807, 2.05) is 0 Å². The molecule has 2 aromatic rings. The van der Waals surface area contributed by atoms with Gasteiger partial charge in [-0.3, -0.25) is 29.4 Å². The minimum atomic E-state index is -1.02. The van der Waals surface area contributed by atoms with Crippen molar-refractivity contribution in [3.63, 3.8) is 0 Å². The van der Waals surface area contributed by atoms with Gasteiger partial charge in [-0.15, -0.1) is 0 Å². The van der Waals surface area contributed by atoms with E-state index in [4.69, 9.17) is 4.52 Å². The molecule has 0 bridgehead atoms. The van der Waals surface area contributed by atoms with Gasteiger partial charge in [0, 0.05) is 18.5 Å². The number of nitrogens with one attached hydrogen (secondary N) is 1. The summed E-state index contributed by atoms with van der Waals surface area (Å²) in [7, 11) is 0. The van der Waals surface area contributed by atoms with Crippen LogP contribution in [-0.2, 0) is 25.7 Å². The molecule has 164 valence electrons. The molecule has 4 heterocycles. The van der Waals surface area contributed by atoms with Crippen LogP contribution in [-0.4, -0.2) is 56.2 Å². The molecule has 11 heteroatoms. The fourth-order valence-electron chi connectivity index (χ4n) is 4.30. The lowest BCUT2D eigenvalue weighted by molar-refractivity contribution is -0.150. The maximum atomic E-state index is 14.0. The maximum Gasteiger partial charge on any atom is 0.278 e. The number of carbonyl (C=O) groups is 4. The second-order valence-corrected chi connectivity index (χ2v) is 7.79. The Balaban J connectivity index is 1.38. The number of carbonyl (C=O) groups excluding carboxylic acids is 4. The number of rotatable bonds is 4. The maximum absolute atomic E-state index is 14.0. The van der Waals surface area contributed by atoms with Crippen LogP contribution < -0.4 is 5.32 Å². The lowest BCUT2D eigenvalue weighted by atomic mass is 10.0. The number of nitrogens with zero attached hydrogens (tertiary/aromatic N) is 4. The Kier molecular flexibility index (Phi) is 4.80. The molecular weight excluding hydrogens is 421 g/mol. The van der Waals surface area contributed by atoms with Crippen LogP contribution in [0.2, 0.25) is 0 Å². The number of amides is 4. The summed E-state index contributed by atoms with van der Waals surface area (Å²) < 4.78 is 19.3. The molecule has 1 unspecified atom stereocenters. The van der Waals surface area contributed by atoms with Crippen molar-refractivity contribution in [2.75, 3.05) is 6.54 Å². The van der Waals surface area contributed by atoms with Crippen molar-refractivity contribution < 1.29 is 28.1 Å². The van der Waals surface area contributed by atoms with E-state index in [1.165, 1.54) is 12.1 Å². The topological polar surface area (TPSA) is 126 Å². The SMILES string of the molecule is O=C1CCC(N2C(=O)C3=C(C2=O)N(Cc2nc(-c4ccccc4F)no2)CCC3)C(=O)N1. The smallest absolute Gasteiger partial charge is 0.278 e. The molecule has 32 heavy (non-hydrogen) atoms. The van der Waals surface area contributed by atoms with Crippen molar-refractivity contribution in [1.29, 1.82) is 0 Å². The van der Waals surface area contributed by atoms with E-state index in [0.717, 1.165) is 4.90 Å². The first-order valence-corrected chi connectivity index (χ1v) is 10.2.